The van der Waals surface area contributed by atoms with Crippen molar-refractivity contribution in [3.8, 4) is 0 Å². The van der Waals surface area contributed by atoms with Gasteiger partial charge in [-0.2, -0.15) is 0 Å². The molecule has 0 aliphatic heterocycles. The molecule has 0 aliphatic carbocycles. The van der Waals surface area contributed by atoms with Crippen molar-refractivity contribution < 1.29 is 5.11 Å². The first kappa shape index (κ1) is 12.4. The van der Waals surface area contributed by atoms with Crippen LogP contribution >= 0.6 is 23.2 Å². The van der Waals surface area contributed by atoms with E-state index in [1.54, 1.807) is 29.1 Å². The van der Waals surface area contributed by atoms with Gasteiger partial charge in [-0.25, -0.2) is 4.68 Å². The van der Waals surface area contributed by atoms with Gasteiger partial charge in [0.05, 0.1) is 12.2 Å². The molecular formula is C11H11Cl2N3O. The Morgan fingerprint density at radius 1 is 1.29 bits per heavy atom. The number of aliphatic hydroxyl groups excluding tert-OH is 1. The molecule has 0 unspecified atom stereocenters. The second-order valence-corrected chi connectivity index (χ2v) is 4.46. The fraction of sp³-hybridized carbons (Fsp3) is 0.273. The molecule has 6 heteroatoms. The zero-order valence-corrected chi connectivity index (χ0v) is 10.5. The van der Waals surface area contributed by atoms with Crippen molar-refractivity contribution in [2.45, 2.75) is 13.0 Å². The second-order valence-electron chi connectivity index (χ2n) is 3.62. The van der Waals surface area contributed by atoms with E-state index in [1.807, 2.05) is 0 Å². The molecule has 0 radical (unpaired) electrons. The number of hydrogen-bond acceptors (Lipinski definition) is 3. The highest BCUT2D eigenvalue weighted by atomic mass is 35.5. The number of benzene rings is 1. The topological polar surface area (TPSA) is 50.9 Å². The summed E-state index contributed by atoms with van der Waals surface area (Å²) in [4.78, 5) is 0. The molecule has 0 fully saturated rings. The first-order chi connectivity index (χ1) is 8.19. The molecule has 17 heavy (non-hydrogen) atoms. The molecule has 1 aromatic heterocycles. The molecule has 0 amide bonds. The number of hydrogen-bond donors (Lipinski definition) is 1. The third-order valence-corrected chi connectivity index (χ3v) is 2.90. The molecule has 0 aliphatic rings. The van der Waals surface area contributed by atoms with Crippen LogP contribution in [0.5, 0.6) is 0 Å². The van der Waals surface area contributed by atoms with Crippen LogP contribution in [-0.2, 0) is 13.0 Å². The van der Waals surface area contributed by atoms with E-state index < -0.39 is 0 Å². The molecule has 0 bridgehead atoms. The maximum absolute atomic E-state index is 8.78. The minimum absolute atomic E-state index is 0.0661. The van der Waals surface area contributed by atoms with E-state index in [1.165, 1.54) is 0 Å². The number of aromatic nitrogens is 3. The Bertz CT molecular complexity index is 513. The van der Waals surface area contributed by atoms with Crippen molar-refractivity contribution in [3.63, 3.8) is 0 Å². The molecular weight excluding hydrogens is 261 g/mol. The lowest BCUT2D eigenvalue weighted by atomic mass is 10.2. The van der Waals surface area contributed by atoms with Crippen LogP contribution in [0.4, 0.5) is 0 Å². The largest absolute Gasteiger partial charge is 0.396 e. The van der Waals surface area contributed by atoms with E-state index in [9.17, 15) is 0 Å². The molecule has 4 nitrogen and oxygen atoms in total. The predicted octanol–water partition coefficient (Wildman–Crippen LogP) is 2.17. The van der Waals surface area contributed by atoms with Gasteiger partial charge < -0.3 is 5.11 Å². The molecule has 1 N–H and O–H groups in total. The Morgan fingerprint density at radius 2 is 2.12 bits per heavy atom. The van der Waals surface area contributed by atoms with Crippen LogP contribution in [0.25, 0.3) is 0 Å². The molecule has 2 aromatic rings. The Kier molecular flexibility index (Phi) is 3.99. The Labute approximate surface area is 109 Å². The van der Waals surface area contributed by atoms with Crippen molar-refractivity contribution in [2.75, 3.05) is 6.61 Å². The first-order valence-corrected chi connectivity index (χ1v) is 5.88. The normalized spacial score (nSPS) is 10.8. The minimum atomic E-state index is 0.0661. The summed E-state index contributed by atoms with van der Waals surface area (Å²) in [5, 5.41) is 18.0. The highest BCUT2D eigenvalue weighted by molar-refractivity contribution is 6.33. The molecule has 2 rings (SSSR count). The third-order valence-electron chi connectivity index (χ3n) is 2.29. The lowest BCUT2D eigenvalue weighted by Gasteiger charge is -2.04. The van der Waals surface area contributed by atoms with Crippen LogP contribution in [0.15, 0.2) is 24.4 Å². The van der Waals surface area contributed by atoms with E-state index in [2.05, 4.69) is 10.3 Å². The molecule has 0 saturated carbocycles. The van der Waals surface area contributed by atoms with E-state index in [0.717, 1.165) is 11.3 Å². The van der Waals surface area contributed by atoms with Gasteiger partial charge in [0.25, 0.3) is 0 Å². The fourth-order valence-corrected chi connectivity index (χ4v) is 1.86. The Hall–Kier alpha value is -1.10. The van der Waals surface area contributed by atoms with Gasteiger partial charge in [0.2, 0.25) is 0 Å². The summed E-state index contributed by atoms with van der Waals surface area (Å²) < 4.78 is 1.67. The molecule has 0 saturated heterocycles. The number of nitrogens with zero attached hydrogens (tertiary/aromatic N) is 3. The molecule has 1 aromatic carbocycles. The van der Waals surface area contributed by atoms with Gasteiger partial charge in [0.1, 0.15) is 0 Å². The van der Waals surface area contributed by atoms with E-state index in [0.29, 0.717) is 23.0 Å². The van der Waals surface area contributed by atoms with Gasteiger partial charge >= 0.3 is 0 Å². The monoisotopic (exact) mass is 271 g/mol. The van der Waals surface area contributed by atoms with Crippen molar-refractivity contribution in [1.82, 2.24) is 15.0 Å². The number of rotatable bonds is 4. The third kappa shape index (κ3) is 3.19. The SMILES string of the molecule is OCCc1cn(Cc2cc(Cl)ccc2Cl)nn1. The van der Waals surface area contributed by atoms with E-state index in [4.69, 9.17) is 28.3 Å². The zero-order chi connectivity index (χ0) is 12.3. The van der Waals surface area contributed by atoms with Crippen molar-refractivity contribution in [2.24, 2.45) is 0 Å². The molecule has 90 valence electrons. The maximum Gasteiger partial charge on any atom is 0.0850 e. The first-order valence-electron chi connectivity index (χ1n) is 5.13. The Morgan fingerprint density at radius 3 is 2.88 bits per heavy atom. The Balaban J connectivity index is 2.16. The van der Waals surface area contributed by atoms with Gasteiger partial charge in [0, 0.05) is 29.3 Å². The van der Waals surface area contributed by atoms with Crippen molar-refractivity contribution >= 4 is 23.2 Å². The summed E-state index contributed by atoms with van der Waals surface area (Å²) in [5.41, 5.74) is 1.64. The summed E-state index contributed by atoms with van der Waals surface area (Å²) in [6.45, 7) is 0.578. The quantitative estimate of drug-likeness (QED) is 0.928. The zero-order valence-electron chi connectivity index (χ0n) is 8.98. The smallest absolute Gasteiger partial charge is 0.0850 e. The summed E-state index contributed by atoms with van der Waals surface area (Å²) in [7, 11) is 0. The maximum atomic E-state index is 8.78. The van der Waals surface area contributed by atoms with Crippen LogP contribution in [0.1, 0.15) is 11.3 Å². The van der Waals surface area contributed by atoms with Crippen LogP contribution in [0.3, 0.4) is 0 Å². The van der Waals surface area contributed by atoms with Crippen molar-refractivity contribution in [3.05, 3.63) is 45.7 Å². The lowest BCUT2D eigenvalue weighted by Crippen LogP contribution is -2.01. The van der Waals surface area contributed by atoms with Crippen LogP contribution < -0.4 is 0 Å². The highest BCUT2D eigenvalue weighted by Gasteiger charge is 2.05. The number of aliphatic hydroxyl groups is 1. The van der Waals surface area contributed by atoms with Gasteiger partial charge in [-0.15, -0.1) is 5.10 Å². The minimum Gasteiger partial charge on any atom is -0.396 e. The van der Waals surface area contributed by atoms with Gasteiger partial charge in [-0.05, 0) is 23.8 Å². The van der Waals surface area contributed by atoms with Crippen LogP contribution in [0, 0.1) is 0 Å². The van der Waals surface area contributed by atoms with Gasteiger partial charge in [0.15, 0.2) is 0 Å². The predicted molar refractivity (Wildman–Crippen MR) is 66.4 cm³/mol. The summed E-state index contributed by atoms with van der Waals surface area (Å²) in [6.07, 6.45) is 2.29. The number of halogens is 2. The van der Waals surface area contributed by atoms with Crippen LogP contribution in [-0.4, -0.2) is 26.7 Å². The molecule has 1 heterocycles. The second kappa shape index (κ2) is 5.49. The summed E-state index contributed by atoms with van der Waals surface area (Å²) in [6, 6.07) is 5.30. The van der Waals surface area contributed by atoms with Crippen LogP contribution in [0.2, 0.25) is 10.0 Å². The standard InChI is InChI=1S/C11H11Cl2N3O/c12-9-1-2-11(13)8(5-9)6-16-7-10(3-4-17)14-15-16/h1-2,5,7,17H,3-4,6H2. The average molecular weight is 272 g/mol. The highest BCUT2D eigenvalue weighted by Crippen LogP contribution is 2.21. The van der Waals surface area contributed by atoms with E-state index >= 15 is 0 Å². The molecule has 0 atom stereocenters. The molecule has 0 spiro atoms. The van der Waals surface area contributed by atoms with E-state index in [-0.39, 0.29) is 6.61 Å². The van der Waals surface area contributed by atoms with Crippen molar-refractivity contribution in [1.29, 1.82) is 0 Å². The summed E-state index contributed by atoms with van der Waals surface area (Å²) >= 11 is 12.0. The summed E-state index contributed by atoms with van der Waals surface area (Å²) in [5.74, 6) is 0. The van der Waals surface area contributed by atoms with Gasteiger partial charge in [-0.3, -0.25) is 0 Å². The average Bonchev–Trinajstić information content (AvgIpc) is 2.72. The lowest BCUT2D eigenvalue weighted by molar-refractivity contribution is 0.298. The fourth-order valence-electron chi connectivity index (χ4n) is 1.48. The van der Waals surface area contributed by atoms with Gasteiger partial charge in [-0.1, -0.05) is 28.4 Å².